The molecule has 0 aromatic heterocycles. The summed E-state index contributed by atoms with van der Waals surface area (Å²) in [6, 6.07) is 3.40. The monoisotopic (exact) mass is 309 g/mol. The van der Waals surface area contributed by atoms with E-state index in [0.717, 1.165) is 44.5 Å². The van der Waals surface area contributed by atoms with Gasteiger partial charge in [0.15, 0.2) is 0 Å². The SMILES string of the molecule is O=C(OC[C@@H]1CCCN2CCCC[C@@H]12)c1ccc(F)cc1F. The number of piperidine rings is 2. The number of halogens is 2. The zero-order chi connectivity index (χ0) is 15.5. The van der Waals surface area contributed by atoms with Crippen LogP contribution in [-0.4, -0.2) is 36.6 Å². The standard InChI is InChI=1S/C17H21F2NO2/c18-13-6-7-14(15(19)10-13)17(21)22-11-12-4-3-9-20-8-2-1-5-16(12)20/h6-7,10,12,16H,1-5,8-9,11H2/t12-,16-/m0/s1. The number of nitrogens with zero attached hydrogens (tertiary/aromatic N) is 1. The van der Waals surface area contributed by atoms with E-state index < -0.39 is 17.6 Å². The molecule has 2 aliphatic rings. The molecule has 1 aromatic carbocycles. The van der Waals surface area contributed by atoms with E-state index in [9.17, 15) is 13.6 Å². The predicted octanol–water partition coefficient (Wildman–Crippen LogP) is 3.39. The molecule has 0 unspecified atom stereocenters. The van der Waals surface area contributed by atoms with Crippen LogP contribution in [0.1, 0.15) is 42.5 Å². The van der Waals surface area contributed by atoms with Crippen LogP contribution in [0.25, 0.3) is 0 Å². The first-order valence-electron chi connectivity index (χ1n) is 8.01. The number of fused-ring (bicyclic) bond motifs is 1. The molecule has 3 nitrogen and oxygen atoms in total. The second-order valence-electron chi connectivity index (χ2n) is 6.22. The highest BCUT2D eigenvalue weighted by Gasteiger charge is 2.33. The Balaban J connectivity index is 1.60. The van der Waals surface area contributed by atoms with Crippen molar-refractivity contribution >= 4 is 5.97 Å². The second kappa shape index (κ2) is 6.73. The fraction of sp³-hybridized carbons (Fsp3) is 0.588. The number of hydrogen-bond acceptors (Lipinski definition) is 3. The second-order valence-corrected chi connectivity index (χ2v) is 6.22. The number of esters is 1. The van der Waals surface area contributed by atoms with E-state index in [1.807, 2.05) is 0 Å². The van der Waals surface area contributed by atoms with E-state index in [1.54, 1.807) is 0 Å². The van der Waals surface area contributed by atoms with Crippen molar-refractivity contribution in [2.75, 3.05) is 19.7 Å². The zero-order valence-electron chi connectivity index (χ0n) is 12.6. The number of rotatable bonds is 3. The highest BCUT2D eigenvalue weighted by atomic mass is 19.1. The summed E-state index contributed by atoms with van der Waals surface area (Å²) in [5.41, 5.74) is -0.197. The van der Waals surface area contributed by atoms with Crippen molar-refractivity contribution in [2.45, 2.75) is 38.1 Å². The molecule has 2 atom stereocenters. The van der Waals surface area contributed by atoms with Crippen molar-refractivity contribution in [1.82, 2.24) is 4.90 Å². The molecule has 3 rings (SSSR count). The minimum Gasteiger partial charge on any atom is -0.462 e. The summed E-state index contributed by atoms with van der Waals surface area (Å²) in [6.45, 7) is 2.57. The molecular weight excluding hydrogens is 288 g/mol. The lowest BCUT2D eigenvalue weighted by molar-refractivity contribution is 0.00711. The molecule has 0 spiro atoms. The Labute approximate surface area is 129 Å². The van der Waals surface area contributed by atoms with Gasteiger partial charge < -0.3 is 4.74 Å². The Hall–Kier alpha value is -1.49. The van der Waals surface area contributed by atoms with Crippen molar-refractivity contribution in [3.05, 3.63) is 35.4 Å². The lowest BCUT2D eigenvalue weighted by Crippen LogP contribution is -2.49. The van der Waals surface area contributed by atoms with Gasteiger partial charge in [-0.3, -0.25) is 4.90 Å². The maximum atomic E-state index is 13.6. The molecule has 1 aromatic rings. The Bertz CT molecular complexity index is 547. The molecule has 2 aliphatic heterocycles. The normalized spacial score (nSPS) is 25.5. The molecular formula is C17H21F2NO2. The van der Waals surface area contributed by atoms with Crippen LogP contribution in [-0.2, 0) is 4.74 Å². The van der Waals surface area contributed by atoms with Gasteiger partial charge in [-0.25, -0.2) is 13.6 Å². The van der Waals surface area contributed by atoms with Gasteiger partial charge in [0.2, 0.25) is 0 Å². The van der Waals surface area contributed by atoms with E-state index in [4.69, 9.17) is 4.74 Å². The molecule has 2 heterocycles. The van der Waals surface area contributed by atoms with Crippen molar-refractivity contribution in [3.63, 3.8) is 0 Å². The molecule has 22 heavy (non-hydrogen) atoms. The lowest BCUT2D eigenvalue weighted by atomic mass is 9.84. The van der Waals surface area contributed by atoms with Crippen LogP contribution in [0.2, 0.25) is 0 Å². The van der Waals surface area contributed by atoms with Crippen molar-refractivity contribution < 1.29 is 18.3 Å². The number of hydrogen-bond donors (Lipinski definition) is 0. The Morgan fingerprint density at radius 1 is 1.18 bits per heavy atom. The molecule has 2 fully saturated rings. The molecule has 0 bridgehead atoms. The molecule has 0 aliphatic carbocycles. The van der Waals surface area contributed by atoms with Gasteiger partial charge >= 0.3 is 5.97 Å². The molecule has 0 radical (unpaired) electrons. The molecule has 2 saturated heterocycles. The fourth-order valence-electron chi connectivity index (χ4n) is 3.69. The summed E-state index contributed by atoms with van der Waals surface area (Å²) in [5.74, 6) is -1.95. The molecule has 0 amide bonds. The Morgan fingerprint density at radius 3 is 2.82 bits per heavy atom. The van der Waals surface area contributed by atoms with Gasteiger partial charge in [0, 0.05) is 18.0 Å². The first-order valence-corrected chi connectivity index (χ1v) is 8.01. The number of benzene rings is 1. The van der Waals surface area contributed by atoms with Gasteiger partial charge in [-0.15, -0.1) is 0 Å². The molecule has 120 valence electrons. The van der Waals surface area contributed by atoms with Crippen LogP contribution in [0.5, 0.6) is 0 Å². The highest BCUT2D eigenvalue weighted by molar-refractivity contribution is 5.89. The number of ether oxygens (including phenoxy) is 1. The zero-order valence-corrected chi connectivity index (χ0v) is 12.6. The number of carbonyl (C=O) groups is 1. The average Bonchev–Trinajstić information content (AvgIpc) is 2.52. The van der Waals surface area contributed by atoms with Crippen LogP contribution in [0, 0.1) is 17.6 Å². The van der Waals surface area contributed by atoms with Crippen LogP contribution >= 0.6 is 0 Å². The van der Waals surface area contributed by atoms with Gasteiger partial charge in [-0.1, -0.05) is 6.42 Å². The minimum atomic E-state index is -0.868. The van der Waals surface area contributed by atoms with E-state index in [-0.39, 0.29) is 5.56 Å². The van der Waals surface area contributed by atoms with Crippen LogP contribution < -0.4 is 0 Å². The van der Waals surface area contributed by atoms with Gasteiger partial charge in [0.25, 0.3) is 0 Å². The maximum absolute atomic E-state index is 13.6. The van der Waals surface area contributed by atoms with E-state index in [2.05, 4.69) is 4.90 Å². The van der Waals surface area contributed by atoms with Crippen molar-refractivity contribution in [2.24, 2.45) is 5.92 Å². The summed E-state index contributed by atoms with van der Waals surface area (Å²) >= 11 is 0. The summed E-state index contributed by atoms with van der Waals surface area (Å²) in [6.07, 6.45) is 5.76. The first kappa shape index (κ1) is 15.4. The predicted molar refractivity (Wildman–Crippen MR) is 78.6 cm³/mol. The Morgan fingerprint density at radius 2 is 2.00 bits per heavy atom. The summed E-state index contributed by atoms with van der Waals surface area (Å²) < 4.78 is 31.8. The minimum absolute atomic E-state index is 0.197. The van der Waals surface area contributed by atoms with Crippen LogP contribution in [0.3, 0.4) is 0 Å². The summed E-state index contributed by atoms with van der Waals surface area (Å²) in [5, 5.41) is 0. The quantitative estimate of drug-likeness (QED) is 0.802. The van der Waals surface area contributed by atoms with E-state index in [0.29, 0.717) is 24.6 Å². The van der Waals surface area contributed by atoms with Crippen LogP contribution in [0.4, 0.5) is 8.78 Å². The summed E-state index contributed by atoms with van der Waals surface area (Å²) in [7, 11) is 0. The molecule has 0 saturated carbocycles. The highest BCUT2D eigenvalue weighted by Crippen LogP contribution is 2.31. The lowest BCUT2D eigenvalue weighted by Gasteiger charge is -2.44. The van der Waals surface area contributed by atoms with E-state index in [1.165, 1.54) is 12.8 Å². The average molecular weight is 309 g/mol. The topological polar surface area (TPSA) is 29.5 Å². The summed E-state index contributed by atoms with van der Waals surface area (Å²) in [4.78, 5) is 14.5. The molecule has 5 heteroatoms. The maximum Gasteiger partial charge on any atom is 0.341 e. The van der Waals surface area contributed by atoms with Gasteiger partial charge in [0.05, 0.1) is 12.2 Å². The van der Waals surface area contributed by atoms with Crippen LogP contribution in [0.15, 0.2) is 18.2 Å². The van der Waals surface area contributed by atoms with Crippen molar-refractivity contribution in [1.29, 1.82) is 0 Å². The molecule has 0 N–H and O–H groups in total. The smallest absolute Gasteiger partial charge is 0.341 e. The van der Waals surface area contributed by atoms with Gasteiger partial charge in [0.1, 0.15) is 11.6 Å². The van der Waals surface area contributed by atoms with Gasteiger partial charge in [-0.05, 0) is 50.9 Å². The fourth-order valence-corrected chi connectivity index (χ4v) is 3.69. The third kappa shape index (κ3) is 3.29. The number of carbonyl (C=O) groups excluding carboxylic acids is 1. The van der Waals surface area contributed by atoms with Gasteiger partial charge in [-0.2, -0.15) is 0 Å². The van der Waals surface area contributed by atoms with E-state index >= 15 is 0 Å². The van der Waals surface area contributed by atoms with Crippen molar-refractivity contribution in [3.8, 4) is 0 Å². The third-order valence-corrected chi connectivity index (χ3v) is 4.81. The first-order chi connectivity index (χ1) is 10.6. The Kier molecular flexibility index (Phi) is 4.71. The third-order valence-electron chi connectivity index (χ3n) is 4.81. The largest absolute Gasteiger partial charge is 0.462 e.